The van der Waals surface area contributed by atoms with Crippen LogP contribution in [0.15, 0.2) is 0 Å². The van der Waals surface area contributed by atoms with E-state index >= 15 is 0 Å². The summed E-state index contributed by atoms with van der Waals surface area (Å²) in [6, 6.07) is 0. The minimum atomic E-state index is -0.189. The second-order valence-corrected chi connectivity index (χ2v) is 7.72. The van der Waals surface area contributed by atoms with E-state index in [1.807, 2.05) is 0 Å². The predicted molar refractivity (Wildman–Crippen MR) is 66.5 cm³/mol. The van der Waals surface area contributed by atoms with Crippen molar-refractivity contribution in [2.75, 3.05) is 0 Å². The van der Waals surface area contributed by atoms with Crippen molar-refractivity contribution in [3.63, 3.8) is 0 Å². The lowest BCUT2D eigenvalue weighted by atomic mass is 9.49. The third kappa shape index (κ3) is 1.34. The van der Waals surface area contributed by atoms with Crippen molar-refractivity contribution in [2.45, 2.75) is 65.4 Å². The highest BCUT2D eigenvalue weighted by atomic mass is 16.3. The fraction of sp³-hybridized carbons (Fsp3) is 0.933. The zero-order valence-corrected chi connectivity index (χ0v) is 11.3. The average molecular weight is 236 g/mol. The molecular formula is C15H24O2. The molecule has 0 aromatic heterocycles. The van der Waals surface area contributed by atoms with Gasteiger partial charge in [0.15, 0.2) is 0 Å². The predicted octanol–water partition coefficient (Wildman–Crippen LogP) is 2.93. The quantitative estimate of drug-likeness (QED) is 0.702. The SMILES string of the molecule is CC1(C)CC(=O)[C@]23CC[C@@H](O)[C@](C)(CC[C@@H]12)C3. The molecule has 0 radical (unpaired) electrons. The van der Waals surface area contributed by atoms with E-state index < -0.39 is 0 Å². The molecule has 0 unspecified atom stereocenters. The van der Waals surface area contributed by atoms with Crippen molar-refractivity contribution in [3.8, 4) is 0 Å². The molecule has 2 bridgehead atoms. The largest absolute Gasteiger partial charge is 0.393 e. The van der Waals surface area contributed by atoms with Crippen molar-refractivity contribution in [2.24, 2.45) is 22.2 Å². The van der Waals surface area contributed by atoms with Gasteiger partial charge in [0.25, 0.3) is 0 Å². The molecule has 0 aliphatic heterocycles. The van der Waals surface area contributed by atoms with E-state index in [0.29, 0.717) is 11.7 Å². The summed E-state index contributed by atoms with van der Waals surface area (Å²) in [5.74, 6) is 1.05. The Balaban J connectivity index is 2.03. The molecule has 17 heavy (non-hydrogen) atoms. The summed E-state index contributed by atoms with van der Waals surface area (Å²) in [5, 5.41) is 10.2. The first-order valence-corrected chi connectivity index (χ1v) is 7.02. The second kappa shape index (κ2) is 3.14. The Labute approximate surface area is 104 Å². The molecule has 1 N–H and O–H groups in total. The molecule has 2 heteroatoms. The van der Waals surface area contributed by atoms with E-state index in [1.54, 1.807) is 0 Å². The van der Waals surface area contributed by atoms with Crippen LogP contribution in [0.2, 0.25) is 0 Å². The van der Waals surface area contributed by atoms with Gasteiger partial charge in [0.1, 0.15) is 5.78 Å². The van der Waals surface area contributed by atoms with Crippen molar-refractivity contribution >= 4 is 5.78 Å². The van der Waals surface area contributed by atoms with Gasteiger partial charge in [-0.1, -0.05) is 20.8 Å². The Kier molecular flexibility index (Phi) is 2.16. The van der Waals surface area contributed by atoms with E-state index in [9.17, 15) is 9.90 Å². The highest BCUT2D eigenvalue weighted by Crippen LogP contribution is 2.67. The van der Waals surface area contributed by atoms with Gasteiger partial charge in [-0.2, -0.15) is 0 Å². The van der Waals surface area contributed by atoms with E-state index in [2.05, 4.69) is 20.8 Å². The maximum Gasteiger partial charge on any atom is 0.139 e. The summed E-state index contributed by atoms with van der Waals surface area (Å²) < 4.78 is 0. The fourth-order valence-corrected chi connectivity index (χ4v) is 5.26. The summed E-state index contributed by atoms with van der Waals surface area (Å²) in [6.45, 7) is 6.71. The number of Topliss-reactive ketones (excluding diaryl/α,β-unsaturated/α-hetero) is 1. The number of aliphatic hydroxyl groups excluding tert-OH is 1. The molecule has 3 aliphatic rings. The van der Waals surface area contributed by atoms with Gasteiger partial charge in [-0.05, 0) is 48.9 Å². The Morgan fingerprint density at radius 3 is 2.59 bits per heavy atom. The summed E-state index contributed by atoms with van der Waals surface area (Å²) in [6.07, 6.45) is 5.48. The van der Waals surface area contributed by atoms with Crippen LogP contribution < -0.4 is 0 Å². The lowest BCUT2D eigenvalue weighted by Gasteiger charge is -2.55. The Morgan fingerprint density at radius 2 is 1.88 bits per heavy atom. The number of fused-ring (bicyclic) bond motifs is 1. The molecule has 0 saturated heterocycles. The Morgan fingerprint density at radius 1 is 1.18 bits per heavy atom. The minimum absolute atomic E-state index is 0.00479. The van der Waals surface area contributed by atoms with E-state index in [0.717, 1.165) is 38.5 Å². The van der Waals surface area contributed by atoms with Crippen LogP contribution in [0.4, 0.5) is 0 Å². The van der Waals surface area contributed by atoms with Gasteiger partial charge in [0.2, 0.25) is 0 Å². The number of aliphatic hydroxyl groups is 1. The number of ketones is 1. The van der Waals surface area contributed by atoms with Gasteiger partial charge in [-0.3, -0.25) is 4.79 Å². The van der Waals surface area contributed by atoms with Gasteiger partial charge in [0, 0.05) is 11.8 Å². The van der Waals surface area contributed by atoms with Crippen LogP contribution in [0.5, 0.6) is 0 Å². The summed E-state index contributed by atoms with van der Waals surface area (Å²) in [7, 11) is 0. The van der Waals surface area contributed by atoms with Gasteiger partial charge in [0.05, 0.1) is 6.10 Å². The normalized spacial score (nSPS) is 52.4. The summed E-state index contributed by atoms with van der Waals surface area (Å²) in [4.78, 5) is 12.5. The first-order valence-electron chi connectivity index (χ1n) is 7.02. The third-order valence-electron chi connectivity index (χ3n) is 6.17. The van der Waals surface area contributed by atoms with Crippen LogP contribution in [0, 0.1) is 22.2 Å². The van der Waals surface area contributed by atoms with E-state index in [1.165, 1.54) is 0 Å². The van der Waals surface area contributed by atoms with Crippen LogP contribution in [0.1, 0.15) is 59.3 Å². The van der Waals surface area contributed by atoms with Crippen LogP contribution in [-0.2, 0) is 4.79 Å². The van der Waals surface area contributed by atoms with Crippen LogP contribution >= 0.6 is 0 Å². The molecule has 3 aliphatic carbocycles. The monoisotopic (exact) mass is 236 g/mol. The first-order chi connectivity index (χ1) is 7.80. The highest BCUT2D eigenvalue weighted by molar-refractivity contribution is 5.88. The first kappa shape index (κ1) is 11.7. The van der Waals surface area contributed by atoms with Crippen LogP contribution in [0.3, 0.4) is 0 Å². The van der Waals surface area contributed by atoms with Crippen molar-refractivity contribution in [3.05, 3.63) is 0 Å². The van der Waals surface area contributed by atoms with E-state index in [-0.39, 0.29) is 22.3 Å². The zero-order chi connectivity index (χ0) is 12.5. The summed E-state index contributed by atoms with van der Waals surface area (Å²) in [5.41, 5.74) is 0.112. The Hall–Kier alpha value is -0.370. The molecule has 0 amide bonds. The maximum atomic E-state index is 12.5. The molecule has 3 rings (SSSR count). The average Bonchev–Trinajstić information content (AvgIpc) is 2.41. The zero-order valence-electron chi connectivity index (χ0n) is 11.3. The molecule has 3 saturated carbocycles. The number of hydrogen-bond acceptors (Lipinski definition) is 2. The number of carbonyl (C=O) groups is 1. The molecular weight excluding hydrogens is 212 g/mol. The highest BCUT2D eigenvalue weighted by Gasteiger charge is 2.64. The molecule has 96 valence electrons. The van der Waals surface area contributed by atoms with Crippen molar-refractivity contribution in [1.29, 1.82) is 0 Å². The smallest absolute Gasteiger partial charge is 0.139 e. The molecule has 1 spiro atoms. The van der Waals surface area contributed by atoms with Crippen molar-refractivity contribution in [1.82, 2.24) is 0 Å². The summed E-state index contributed by atoms with van der Waals surface area (Å²) >= 11 is 0. The molecule has 0 heterocycles. The maximum absolute atomic E-state index is 12.5. The molecule has 0 aromatic carbocycles. The van der Waals surface area contributed by atoms with Crippen molar-refractivity contribution < 1.29 is 9.90 Å². The van der Waals surface area contributed by atoms with Gasteiger partial charge < -0.3 is 5.11 Å². The lowest BCUT2D eigenvalue weighted by molar-refractivity contribution is -0.148. The Bertz CT molecular complexity index is 373. The lowest BCUT2D eigenvalue weighted by Crippen LogP contribution is -2.53. The number of rotatable bonds is 0. The number of carbonyl (C=O) groups excluding carboxylic acids is 1. The third-order valence-corrected chi connectivity index (χ3v) is 6.17. The van der Waals surface area contributed by atoms with E-state index in [4.69, 9.17) is 0 Å². The van der Waals surface area contributed by atoms with Gasteiger partial charge >= 0.3 is 0 Å². The topological polar surface area (TPSA) is 37.3 Å². The van der Waals surface area contributed by atoms with Crippen LogP contribution in [-0.4, -0.2) is 17.0 Å². The number of hydrogen-bond donors (Lipinski definition) is 1. The molecule has 2 nitrogen and oxygen atoms in total. The molecule has 3 fully saturated rings. The molecule has 4 atom stereocenters. The second-order valence-electron chi connectivity index (χ2n) is 7.72. The van der Waals surface area contributed by atoms with Crippen LogP contribution in [0.25, 0.3) is 0 Å². The fourth-order valence-electron chi connectivity index (χ4n) is 5.26. The standard InChI is InChI=1S/C15H24O2/c1-13(2)8-12(17)15-7-5-11(16)14(3,9-15)6-4-10(13)15/h10-11,16H,4-9H2,1-3H3/t10-,11+,14+,15-/m0/s1. The molecule has 0 aromatic rings. The van der Waals surface area contributed by atoms with Gasteiger partial charge in [-0.15, -0.1) is 0 Å². The minimum Gasteiger partial charge on any atom is -0.393 e. The van der Waals surface area contributed by atoms with Gasteiger partial charge in [-0.25, -0.2) is 0 Å².